The summed E-state index contributed by atoms with van der Waals surface area (Å²) < 4.78 is 5.48. The number of benzene rings is 2. The zero-order chi connectivity index (χ0) is 19.8. The van der Waals surface area contributed by atoms with Crippen molar-refractivity contribution in [3.05, 3.63) is 53.6 Å². The lowest BCUT2D eigenvalue weighted by atomic mass is 10.1. The summed E-state index contributed by atoms with van der Waals surface area (Å²) in [5, 5.41) is 24.2. The molecule has 7 nitrogen and oxygen atoms in total. The van der Waals surface area contributed by atoms with E-state index in [0.717, 1.165) is 5.56 Å². The first-order valence-corrected chi connectivity index (χ1v) is 8.67. The van der Waals surface area contributed by atoms with E-state index in [0.29, 0.717) is 30.0 Å². The molecule has 0 aromatic heterocycles. The SMILES string of the molecule is CCOc1ccc(C(C)=O)cc1NC(=O)N[C@@H](CO)Cc1ccc(O)cc1. The molecule has 0 saturated carbocycles. The molecular weight excluding hydrogens is 348 g/mol. The minimum absolute atomic E-state index is 0.123. The molecule has 0 aliphatic heterocycles. The maximum Gasteiger partial charge on any atom is 0.319 e. The molecule has 0 aliphatic carbocycles. The highest BCUT2D eigenvalue weighted by molar-refractivity contribution is 5.98. The fourth-order valence-electron chi connectivity index (χ4n) is 2.55. The first-order valence-electron chi connectivity index (χ1n) is 8.67. The number of amides is 2. The van der Waals surface area contributed by atoms with Gasteiger partial charge < -0.3 is 25.6 Å². The summed E-state index contributed by atoms with van der Waals surface area (Å²) in [6.45, 7) is 3.43. The number of rotatable bonds is 8. The molecule has 0 bridgehead atoms. The van der Waals surface area contributed by atoms with Gasteiger partial charge in [0.15, 0.2) is 5.78 Å². The van der Waals surface area contributed by atoms with Gasteiger partial charge in [0.05, 0.1) is 24.9 Å². The van der Waals surface area contributed by atoms with Gasteiger partial charge in [-0.15, -0.1) is 0 Å². The summed E-state index contributed by atoms with van der Waals surface area (Å²) in [4.78, 5) is 23.9. The summed E-state index contributed by atoms with van der Waals surface area (Å²) >= 11 is 0. The molecule has 2 aromatic rings. The van der Waals surface area contributed by atoms with E-state index in [2.05, 4.69) is 10.6 Å². The number of urea groups is 1. The van der Waals surface area contributed by atoms with Crippen LogP contribution in [0.3, 0.4) is 0 Å². The number of phenols is 1. The van der Waals surface area contributed by atoms with Gasteiger partial charge in [-0.1, -0.05) is 12.1 Å². The van der Waals surface area contributed by atoms with Crippen LogP contribution in [0.4, 0.5) is 10.5 Å². The molecule has 0 aliphatic rings. The van der Waals surface area contributed by atoms with E-state index in [-0.39, 0.29) is 18.1 Å². The van der Waals surface area contributed by atoms with Crippen LogP contribution in [0.15, 0.2) is 42.5 Å². The Bertz CT molecular complexity index is 789. The Morgan fingerprint density at radius 1 is 1.15 bits per heavy atom. The topological polar surface area (TPSA) is 108 Å². The molecule has 2 aromatic carbocycles. The quantitative estimate of drug-likeness (QED) is 0.533. The maximum absolute atomic E-state index is 12.3. The number of ketones is 1. The van der Waals surface area contributed by atoms with E-state index in [4.69, 9.17) is 4.74 Å². The van der Waals surface area contributed by atoms with E-state index in [1.54, 1.807) is 42.5 Å². The van der Waals surface area contributed by atoms with Crippen molar-refractivity contribution in [3.8, 4) is 11.5 Å². The Balaban J connectivity index is 2.07. The van der Waals surface area contributed by atoms with Crippen molar-refractivity contribution in [3.63, 3.8) is 0 Å². The number of aliphatic hydroxyl groups is 1. The van der Waals surface area contributed by atoms with E-state index >= 15 is 0 Å². The first-order chi connectivity index (χ1) is 12.9. The summed E-state index contributed by atoms with van der Waals surface area (Å²) in [6, 6.07) is 10.3. The maximum atomic E-state index is 12.3. The molecular formula is C20H24N2O5. The lowest BCUT2D eigenvalue weighted by molar-refractivity contribution is 0.101. The number of hydrogen-bond acceptors (Lipinski definition) is 5. The second-order valence-corrected chi connectivity index (χ2v) is 6.05. The van der Waals surface area contributed by atoms with E-state index < -0.39 is 12.1 Å². The molecule has 2 rings (SSSR count). The number of aromatic hydroxyl groups is 1. The zero-order valence-electron chi connectivity index (χ0n) is 15.4. The number of aliphatic hydroxyl groups excluding tert-OH is 1. The standard InChI is InChI=1S/C20H24N2O5/c1-3-27-19-9-6-15(13(2)24)11-18(19)22-20(26)21-16(12-23)10-14-4-7-17(25)8-5-14/h4-9,11,16,23,25H,3,10,12H2,1-2H3,(H2,21,22,26)/t16-/m1/s1. The molecule has 2 amide bonds. The zero-order valence-corrected chi connectivity index (χ0v) is 15.4. The van der Waals surface area contributed by atoms with Crippen LogP contribution in [0, 0.1) is 0 Å². The lowest BCUT2D eigenvalue weighted by Crippen LogP contribution is -2.41. The van der Waals surface area contributed by atoms with E-state index in [9.17, 15) is 19.8 Å². The third-order valence-electron chi connectivity index (χ3n) is 3.91. The smallest absolute Gasteiger partial charge is 0.319 e. The molecule has 0 saturated heterocycles. The molecule has 27 heavy (non-hydrogen) atoms. The monoisotopic (exact) mass is 372 g/mol. The van der Waals surface area contributed by atoms with Crippen molar-refractivity contribution < 1.29 is 24.5 Å². The van der Waals surface area contributed by atoms with Crippen molar-refractivity contribution >= 4 is 17.5 Å². The number of nitrogens with one attached hydrogen (secondary N) is 2. The molecule has 0 heterocycles. The Morgan fingerprint density at radius 3 is 2.44 bits per heavy atom. The molecule has 7 heteroatoms. The normalized spacial score (nSPS) is 11.5. The molecule has 1 atom stereocenters. The number of phenolic OH excluding ortho intramolecular Hbond substituents is 1. The van der Waals surface area contributed by atoms with Gasteiger partial charge in [-0.2, -0.15) is 0 Å². The van der Waals surface area contributed by atoms with Crippen LogP contribution in [0.1, 0.15) is 29.8 Å². The van der Waals surface area contributed by atoms with Gasteiger partial charge in [-0.05, 0) is 56.2 Å². The molecule has 4 N–H and O–H groups in total. The van der Waals surface area contributed by atoms with Crippen LogP contribution in [0.25, 0.3) is 0 Å². The Hall–Kier alpha value is -3.06. The summed E-state index contributed by atoms with van der Waals surface area (Å²) in [6.07, 6.45) is 0.399. The van der Waals surface area contributed by atoms with Gasteiger partial charge >= 0.3 is 6.03 Å². The highest BCUT2D eigenvalue weighted by Gasteiger charge is 2.15. The number of ether oxygens (including phenoxy) is 1. The fraction of sp³-hybridized carbons (Fsp3) is 0.300. The van der Waals surface area contributed by atoms with Crippen LogP contribution in [-0.2, 0) is 6.42 Å². The lowest BCUT2D eigenvalue weighted by Gasteiger charge is -2.18. The van der Waals surface area contributed by atoms with Gasteiger partial charge in [-0.3, -0.25) is 4.79 Å². The molecule has 0 fully saturated rings. The molecule has 0 radical (unpaired) electrons. The van der Waals surface area contributed by atoms with Crippen molar-refractivity contribution in [2.45, 2.75) is 26.3 Å². The Kier molecular flexibility index (Phi) is 7.19. The molecule has 0 unspecified atom stereocenters. The first kappa shape index (κ1) is 20.3. The average molecular weight is 372 g/mol. The summed E-state index contributed by atoms with van der Waals surface area (Å²) in [7, 11) is 0. The predicted octanol–water partition coefficient (Wildman–Crippen LogP) is 2.72. The van der Waals surface area contributed by atoms with Crippen LogP contribution in [0.5, 0.6) is 11.5 Å². The van der Waals surface area contributed by atoms with E-state index in [1.807, 2.05) is 6.92 Å². The van der Waals surface area contributed by atoms with Crippen LogP contribution in [-0.4, -0.2) is 41.3 Å². The van der Waals surface area contributed by atoms with Crippen molar-refractivity contribution in [2.75, 3.05) is 18.5 Å². The number of Topliss-reactive ketones (excluding diaryl/α,β-unsaturated/α-hetero) is 1. The van der Waals surface area contributed by atoms with Gasteiger partial charge in [-0.25, -0.2) is 4.79 Å². The fourth-order valence-corrected chi connectivity index (χ4v) is 2.55. The number of carbonyl (C=O) groups excluding carboxylic acids is 2. The van der Waals surface area contributed by atoms with Crippen LogP contribution in [0.2, 0.25) is 0 Å². The average Bonchev–Trinajstić information content (AvgIpc) is 2.64. The molecule has 0 spiro atoms. The van der Waals surface area contributed by atoms with Crippen LogP contribution >= 0.6 is 0 Å². The Labute approximate surface area is 158 Å². The summed E-state index contributed by atoms with van der Waals surface area (Å²) in [5.41, 5.74) is 1.70. The second kappa shape index (κ2) is 9.59. The number of hydrogen-bond donors (Lipinski definition) is 4. The van der Waals surface area contributed by atoms with Crippen molar-refractivity contribution in [1.29, 1.82) is 0 Å². The minimum atomic E-state index is -0.519. The van der Waals surface area contributed by atoms with Crippen molar-refractivity contribution in [2.24, 2.45) is 0 Å². The predicted molar refractivity (Wildman–Crippen MR) is 102 cm³/mol. The third kappa shape index (κ3) is 6.00. The second-order valence-electron chi connectivity index (χ2n) is 6.05. The minimum Gasteiger partial charge on any atom is -0.508 e. The summed E-state index contributed by atoms with van der Waals surface area (Å²) in [5.74, 6) is 0.484. The van der Waals surface area contributed by atoms with Gasteiger partial charge in [0.1, 0.15) is 11.5 Å². The van der Waals surface area contributed by atoms with Gasteiger partial charge in [0, 0.05) is 5.56 Å². The van der Waals surface area contributed by atoms with Crippen molar-refractivity contribution in [1.82, 2.24) is 5.32 Å². The van der Waals surface area contributed by atoms with Gasteiger partial charge in [0.25, 0.3) is 0 Å². The Morgan fingerprint density at radius 2 is 1.85 bits per heavy atom. The highest BCUT2D eigenvalue weighted by atomic mass is 16.5. The molecule has 144 valence electrons. The largest absolute Gasteiger partial charge is 0.508 e. The van der Waals surface area contributed by atoms with E-state index in [1.165, 1.54) is 6.92 Å². The highest BCUT2D eigenvalue weighted by Crippen LogP contribution is 2.26. The van der Waals surface area contributed by atoms with Gasteiger partial charge in [0.2, 0.25) is 0 Å². The number of anilines is 1. The third-order valence-corrected chi connectivity index (χ3v) is 3.91. The van der Waals surface area contributed by atoms with Crippen LogP contribution < -0.4 is 15.4 Å². The number of carbonyl (C=O) groups is 2.